The van der Waals surface area contributed by atoms with E-state index in [4.69, 9.17) is 0 Å². The van der Waals surface area contributed by atoms with E-state index >= 15 is 0 Å². The van der Waals surface area contributed by atoms with Crippen molar-refractivity contribution in [2.24, 2.45) is 27.6 Å². The number of fused-ring (bicyclic) bond motifs is 7. The number of hydrogen-bond donors (Lipinski definition) is 2. The zero-order valence-corrected chi connectivity index (χ0v) is 23.3. The van der Waals surface area contributed by atoms with Gasteiger partial charge in [-0.3, -0.25) is 9.59 Å². The van der Waals surface area contributed by atoms with Crippen molar-refractivity contribution in [2.45, 2.75) is 92.0 Å². The summed E-state index contributed by atoms with van der Waals surface area (Å²) in [5, 5.41) is 19.7. The molecule has 0 saturated heterocycles. The van der Waals surface area contributed by atoms with Gasteiger partial charge in [0.1, 0.15) is 0 Å². The molecule has 0 aromatic heterocycles. The number of carbonyl (C=O) groups excluding carboxylic acids is 2. The van der Waals surface area contributed by atoms with E-state index in [1.54, 1.807) is 13.1 Å². The maximum absolute atomic E-state index is 12.7. The van der Waals surface area contributed by atoms with Crippen molar-refractivity contribution in [1.29, 1.82) is 0 Å². The molecule has 6 atom stereocenters. The monoisotopic (exact) mass is 507 g/mol. The van der Waals surface area contributed by atoms with Gasteiger partial charge in [-0.1, -0.05) is 45.4 Å². The molecule has 0 aliphatic heterocycles. The predicted octanol–water partition coefficient (Wildman–Crippen LogP) is 5.91. The molecule has 5 aliphatic rings. The van der Waals surface area contributed by atoms with Crippen LogP contribution in [0.3, 0.4) is 0 Å². The number of carboxylic acid groups (broad SMARTS) is 1. The maximum Gasteiger partial charge on any atom is 0.394 e. The van der Waals surface area contributed by atoms with Crippen LogP contribution in [0.25, 0.3) is 0 Å². The predicted molar refractivity (Wildman–Crippen MR) is 142 cm³/mol. The minimum absolute atomic E-state index is 0.0439. The first kappa shape index (κ1) is 26.0. The summed E-state index contributed by atoms with van der Waals surface area (Å²) in [6, 6.07) is 0. The number of nitrogens with zero attached hydrogens (tertiary/aromatic N) is 1. The Morgan fingerprint density at radius 1 is 0.973 bits per heavy atom. The smallest absolute Gasteiger partial charge is 0.394 e. The fourth-order valence-electron chi connectivity index (χ4n) is 9.13. The summed E-state index contributed by atoms with van der Waals surface area (Å²) in [6.45, 7) is 13.4. The molecule has 0 spiro atoms. The number of aliphatic hydroxyl groups excluding tert-OH is 1. The van der Waals surface area contributed by atoms with E-state index in [9.17, 15) is 24.6 Å². The van der Waals surface area contributed by atoms with Crippen LogP contribution in [-0.2, 0) is 14.4 Å². The Morgan fingerprint density at radius 3 is 2.27 bits per heavy atom. The Balaban J connectivity index is 1.59. The van der Waals surface area contributed by atoms with Crippen LogP contribution >= 0.6 is 0 Å². The molecule has 5 rings (SSSR count). The van der Waals surface area contributed by atoms with E-state index in [1.165, 1.54) is 10.5 Å². The Bertz CT molecular complexity index is 1250. The third kappa shape index (κ3) is 3.20. The van der Waals surface area contributed by atoms with Gasteiger partial charge in [-0.05, 0) is 98.2 Å². The van der Waals surface area contributed by atoms with Gasteiger partial charge < -0.3 is 15.1 Å². The van der Waals surface area contributed by atoms with Crippen molar-refractivity contribution >= 4 is 17.7 Å². The van der Waals surface area contributed by atoms with Crippen LogP contribution in [0.4, 0.5) is 0 Å². The highest BCUT2D eigenvalue weighted by molar-refractivity contribution is 6.31. The molecule has 1 amide bonds. The molecule has 6 heteroatoms. The molecule has 6 nitrogen and oxygen atoms in total. The Kier molecular flexibility index (Phi) is 5.41. The Labute approximate surface area is 220 Å². The zero-order chi connectivity index (χ0) is 27.3. The zero-order valence-electron chi connectivity index (χ0n) is 23.3. The molecule has 5 aliphatic carbocycles. The van der Waals surface area contributed by atoms with Crippen molar-refractivity contribution < 1.29 is 24.6 Å². The van der Waals surface area contributed by atoms with Crippen molar-refractivity contribution in [1.82, 2.24) is 4.90 Å². The highest BCUT2D eigenvalue weighted by atomic mass is 16.4. The fraction of sp³-hybridized carbons (Fsp3) is 0.645. The number of allylic oxidation sites excluding steroid dienone is 7. The van der Waals surface area contributed by atoms with Crippen molar-refractivity contribution in [3.63, 3.8) is 0 Å². The lowest BCUT2D eigenvalue weighted by atomic mass is 9.35. The van der Waals surface area contributed by atoms with Gasteiger partial charge in [0.15, 0.2) is 5.76 Å². The number of aliphatic carboxylic acids is 1. The molecule has 0 heterocycles. The first-order chi connectivity index (χ1) is 17.0. The lowest BCUT2D eigenvalue weighted by molar-refractivity contribution is -0.175. The molecule has 3 saturated carbocycles. The molecular weight excluding hydrogens is 466 g/mol. The van der Waals surface area contributed by atoms with E-state index in [0.29, 0.717) is 11.5 Å². The highest BCUT2D eigenvalue weighted by Gasteiger charge is 2.67. The summed E-state index contributed by atoms with van der Waals surface area (Å²) in [6.07, 6.45) is 12.6. The third-order valence-electron chi connectivity index (χ3n) is 12.1. The fourth-order valence-corrected chi connectivity index (χ4v) is 9.13. The molecular formula is C31H41NO5. The highest BCUT2D eigenvalue weighted by Crippen LogP contribution is 2.75. The molecule has 0 bridgehead atoms. The Morgan fingerprint density at radius 2 is 1.62 bits per heavy atom. The minimum atomic E-state index is -1.40. The van der Waals surface area contributed by atoms with E-state index < -0.39 is 17.4 Å². The topological polar surface area (TPSA) is 94.9 Å². The number of carbonyl (C=O) groups is 3. The first-order valence-electron chi connectivity index (χ1n) is 13.7. The van der Waals surface area contributed by atoms with Crippen LogP contribution in [0.5, 0.6) is 0 Å². The second-order valence-corrected chi connectivity index (χ2v) is 13.7. The second kappa shape index (κ2) is 7.70. The number of carboxylic acids is 1. The largest absolute Gasteiger partial charge is 0.504 e. The van der Waals surface area contributed by atoms with Crippen molar-refractivity contribution in [2.75, 3.05) is 7.05 Å². The van der Waals surface area contributed by atoms with Gasteiger partial charge in [-0.25, -0.2) is 4.79 Å². The maximum atomic E-state index is 12.7. The summed E-state index contributed by atoms with van der Waals surface area (Å²) in [5.74, 6) is -2.37. The third-order valence-corrected chi connectivity index (χ3v) is 12.1. The average molecular weight is 508 g/mol. The van der Waals surface area contributed by atoms with Crippen LogP contribution in [0.2, 0.25) is 0 Å². The normalized spacial score (nSPS) is 42.8. The van der Waals surface area contributed by atoms with Crippen molar-refractivity contribution in [3.8, 4) is 0 Å². The number of amides is 1. The molecule has 3 fully saturated rings. The van der Waals surface area contributed by atoms with E-state index in [0.717, 1.165) is 56.1 Å². The van der Waals surface area contributed by atoms with Crippen molar-refractivity contribution in [3.05, 3.63) is 46.3 Å². The van der Waals surface area contributed by atoms with E-state index in [2.05, 4.69) is 46.8 Å². The Hall–Kier alpha value is -2.63. The van der Waals surface area contributed by atoms with Gasteiger partial charge in [0.05, 0.1) is 0 Å². The van der Waals surface area contributed by atoms with E-state index in [-0.39, 0.29) is 33.2 Å². The summed E-state index contributed by atoms with van der Waals surface area (Å²) in [4.78, 5) is 38.2. The second-order valence-electron chi connectivity index (χ2n) is 13.7. The summed E-state index contributed by atoms with van der Waals surface area (Å²) in [7, 11) is 1.65. The van der Waals surface area contributed by atoms with Gasteiger partial charge >= 0.3 is 11.9 Å². The molecule has 37 heavy (non-hydrogen) atoms. The summed E-state index contributed by atoms with van der Waals surface area (Å²) in [5.41, 5.74) is 3.22. The number of aliphatic hydroxyl groups is 1. The standard InChI is InChI=1S/C31H41NO5/c1-18-19-8-9-22-29(4,20(19)16-21(33)24(18)34)13-15-31(6)23-17-28(3,32(7)25(35)26(36)37)12-10-27(23,2)11-14-30(22,31)5/h8-9,16,23,34H,10-15,17H2,1-7H3,(H,36,37)/t23-,27-,28-,29+,30-,31+/m1/s1. The lowest BCUT2D eigenvalue weighted by Crippen LogP contribution is -2.64. The molecule has 200 valence electrons. The quantitative estimate of drug-likeness (QED) is 0.430. The van der Waals surface area contributed by atoms with Gasteiger partial charge in [-0.2, -0.15) is 0 Å². The molecule has 0 aromatic rings. The van der Waals surface area contributed by atoms with Crippen LogP contribution in [-0.4, -0.2) is 45.4 Å². The van der Waals surface area contributed by atoms with Gasteiger partial charge in [0, 0.05) is 23.6 Å². The van der Waals surface area contributed by atoms with Crippen LogP contribution in [0.15, 0.2) is 46.3 Å². The minimum Gasteiger partial charge on any atom is -0.504 e. The van der Waals surface area contributed by atoms with Gasteiger partial charge in [0.25, 0.3) is 0 Å². The van der Waals surface area contributed by atoms with Gasteiger partial charge in [-0.15, -0.1) is 0 Å². The molecule has 2 N–H and O–H groups in total. The summed E-state index contributed by atoms with van der Waals surface area (Å²) < 4.78 is 0. The number of rotatable bonds is 1. The van der Waals surface area contributed by atoms with Gasteiger partial charge in [0.2, 0.25) is 5.78 Å². The number of ketones is 1. The van der Waals surface area contributed by atoms with Crippen LogP contribution < -0.4 is 0 Å². The molecule has 0 aromatic carbocycles. The van der Waals surface area contributed by atoms with Crippen LogP contribution in [0.1, 0.15) is 86.5 Å². The average Bonchev–Trinajstić information content (AvgIpc) is 2.84. The van der Waals surface area contributed by atoms with E-state index in [1.807, 2.05) is 6.92 Å². The number of likely N-dealkylation sites (N-methyl/N-ethyl adjacent to an activating group) is 1. The molecule has 0 radical (unpaired) electrons. The number of hydrogen-bond acceptors (Lipinski definition) is 4. The molecule has 0 unspecified atom stereocenters. The lowest BCUT2D eigenvalue weighted by Gasteiger charge is -2.70. The first-order valence-corrected chi connectivity index (χ1v) is 13.7. The summed E-state index contributed by atoms with van der Waals surface area (Å²) >= 11 is 0. The van der Waals surface area contributed by atoms with Crippen LogP contribution in [0, 0.1) is 27.6 Å². The SMILES string of the molecule is CC1=C(O)C(=O)C=C2C1=CC=C1[C@@]2(C)CC[C@@]2(C)[C@@H]3C[C@](C)(N(C)C(=O)C(=O)O)CC[C@]3(C)CC[C@]12C.